The minimum absolute atomic E-state index is 0.0597. The Morgan fingerprint density at radius 3 is 2.60 bits per heavy atom. The van der Waals surface area contributed by atoms with Gasteiger partial charge in [0.05, 0.1) is 4.92 Å². The normalized spacial score (nSPS) is 11.2. The first-order chi connectivity index (χ1) is 12.0. The number of rotatable bonds is 5. The summed E-state index contributed by atoms with van der Waals surface area (Å²) in [5, 5.41) is 17.2. The summed E-state index contributed by atoms with van der Waals surface area (Å²) in [7, 11) is 3.91. The predicted molar refractivity (Wildman–Crippen MR) is 99.0 cm³/mol. The van der Waals surface area contributed by atoms with Crippen LogP contribution in [0.1, 0.15) is 10.4 Å². The van der Waals surface area contributed by atoms with E-state index < -0.39 is 4.92 Å². The number of carbonyl (C=O) groups is 1. The summed E-state index contributed by atoms with van der Waals surface area (Å²) in [6.45, 7) is 1.34. The Morgan fingerprint density at radius 2 is 1.88 bits per heavy atom. The molecular formula is C19H19N3O3. The minimum Gasteiger partial charge on any atom is -0.351 e. The van der Waals surface area contributed by atoms with Crippen molar-refractivity contribution in [3.05, 3.63) is 64.2 Å². The van der Waals surface area contributed by atoms with Crippen molar-refractivity contribution in [1.82, 2.24) is 10.2 Å². The molecule has 0 aliphatic heterocycles. The number of hydrogen-bond donors (Lipinski definition) is 1. The van der Waals surface area contributed by atoms with Crippen LogP contribution in [0.3, 0.4) is 0 Å². The lowest BCUT2D eigenvalue weighted by atomic mass is 9.99. The Bertz CT molecular complexity index is 967. The van der Waals surface area contributed by atoms with Crippen molar-refractivity contribution in [1.29, 1.82) is 0 Å². The van der Waals surface area contributed by atoms with Gasteiger partial charge in [0.15, 0.2) is 0 Å². The molecule has 25 heavy (non-hydrogen) atoms. The SMILES string of the molecule is CN(C)CCNC(=O)c1cccc2cc3cc([N+](=O)[O-])ccc3cc12. The maximum absolute atomic E-state index is 12.5. The van der Waals surface area contributed by atoms with Crippen LogP contribution in [-0.4, -0.2) is 42.9 Å². The van der Waals surface area contributed by atoms with Crippen molar-refractivity contribution in [3.63, 3.8) is 0 Å². The first kappa shape index (κ1) is 16.9. The van der Waals surface area contributed by atoms with E-state index in [0.29, 0.717) is 12.1 Å². The lowest BCUT2D eigenvalue weighted by molar-refractivity contribution is -0.384. The highest BCUT2D eigenvalue weighted by Gasteiger charge is 2.12. The number of fused-ring (bicyclic) bond motifs is 2. The molecule has 1 N–H and O–H groups in total. The summed E-state index contributed by atoms with van der Waals surface area (Å²) < 4.78 is 0. The van der Waals surface area contributed by atoms with Crippen LogP contribution in [0.15, 0.2) is 48.5 Å². The quantitative estimate of drug-likeness (QED) is 0.441. The summed E-state index contributed by atoms with van der Waals surface area (Å²) in [6, 6.07) is 14.1. The summed E-state index contributed by atoms with van der Waals surface area (Å²) in [4.78, 5) is 25.0. The van der Waals surface area contributed by atoms with Crippen LogP contribution in [0.4, 0.5) is 5.69 Å². The van der Waals surface area contributed by atoms with Gasteiger partial charge in [-0.2, -0.15) is 0 Å². The molecule has 0 fully saturated rings. The van der Waals surface area contributed by atoms with Crippen LogP contribution < -0.4 is 5.32 Å². The molecule has 3 aromatic rings. The zero-order valence-corrected chi connectivity index (χ0v) is 14.2. The maximum atomic E-state index is 12.5. The van der Waals surface area contributed by atoms with Gasteiger partial charge < -0.3 is 10.2 Å². The maximum Gasteiger partial charge on any atom is 0.270 e. The molecule has 0 bridgehead atoms. The van der Waals surface area contributed by atoms with Gasteiger partial charge in [-0.3, -0.25) is 14.9 Å². The van der Waals surface area contributed by atoms with E-state index in [1.165, 1.54) is 6.07 Å². The van der Waals surface area contributed by atoms with E-state index in [4.69, 9.17) is 0 Å². The molecule has 0 radical (unpaired) electrons. The molecule has 0 saturated heterocycles. The van der Waals surface area contributed by atoms with E-state index in [-0.39, 0.29) is 11.6 Å². The van der Waals surface area contributed by atoms with E-state index >= 15 is 0 Å². The molecule has 0 atom stereocenters. The summed E-state index contributed by atoms with van der Waals surface area (Å²) in [6.07, 6.45) is 0. The van der Waals surface area contributed by atoms with Gasteiger partial charge in [-0.05, 0) is 59.9 Å². The van der Waals surface area contributed by atoms with Gasteiger partial charge in [0.1, 0.15) is 0 Å². The third-order valence-corrected chi connectivity index (χ3v) is 4.12. The molecule has 0 heterocycles. The van der Waals surface area contributed by atoms with Crippen LogP contribution >= 0.6 is 0 Å². The molecule has 6 heteroatoms. The number of carbonyl (C=O) groups excluding carboxylic acids is 1. The topological polar surface area (TPSA) is 75.5 Å². The summed E-state index contributed by atoms with van der Waals surface area (Å²) in [5.74, 6) is -0.117. The fourth-order valence-electron chi connectivity index (χ4n) is 2.81. The molecule has 3 aromatic carbocycles. The minimum atomic E-state index is -0.405. The number of nitrogens with one attached hydrogen (secondary N) is 1. The van der Waals surface area contributed by atoms with E-state index in [0.717, 1.165) is 28.1 Å². The van der Waals surface area contributed by atoms with Crippen molar-refractivity contribution in [2.24, 2.45) is 0 Å². The highest BCUT2D eigenvalue weighted by molar-refractivity contribution is 6.10. The van der Waals surface area contributed by atoms with Gasteiger partial charge >= 0.3 is 0 Å². The predicted octanol–water partition coefficient (Wildman–Crippen LogP) is 3.19. The Balaban J connectivity index is 2.01. The lowest BCUT2D eigenvalue weighted by Gasteiger charge is -2.12. The number of non-ortho nitro benzene ring substituents is 1. The third-order valence-electron chi connectivity index (χ3n) is 4.12. The van der Waals surface area contributed by atoms with Gasteiger partial charge in [-0.25, -0.2) is 0 Å². The van der Waals surface area contributed by atoms with Crippen LogP contribution in [0.2, 0.25) is 0 Å². The smallest absolute Gasteiger partial charge is 0.270 e. The van der Waals surface area contributed by atoms with E-state index in [1.807, 2.05) is 43.3 Å². The van der Waals surface area contributed by atoms with Crippen molar-refractivity contribution in [3.8, 4) is 0 Å². The number of nitro benzene ring substituents is 1. The summed E-state index contributed by atoms with van der Waals surface area (Å²) in [5.41, 5.74) is 0.668. The van der Waals surface area contributed by atoms with E-state index in [1.54, 1.807) is 18.2 Å². The number of likely N-dealkylation sites (N-methyl/N-ethyl adjacent to an activating group) is 1. The van der Waals surface area contributed by atoms with E-state index in [2.05, 4.69) is 5.32 Å². The van der Waals surface area contributed by atoms with Crippen molar-refractivity contribution in [2.45, 2.75) is 0 Å². The average Bonchev–Trinajstić information content (AvgIpc) is 2.58. The second kappa shape index (κ2) is 6.86. The Kier molecular flexibility index (Phi) is 4.63. The fourth-order valence-corrected chi connectivity index (χ4v) is 2.81. The number of amides is 1. The number of hydrogen-bond acceptors (Lipinski definition) is 4. The molecule has 0 aromatic heterocycles. The van der Waals surface area contributed by atoms with Crippen LogP contribution in [0.5, 0.6) is 0 Å². The number of nitrogens with zero attached hydrogens (tertiary/aromatic N) is 2. The second-order valence-corrected chi connectivity index (χ2v) is 6.23. The molecule has 0 unspecified atom stereocenters. The van der Waals surface area contributed by atoms with Crippen LogP contribution in [0.25, 0.3) is 21.5 Å². The molecule has 3 rings (SSSR count). The first-order valence-corrected chi connectivity index (χ1v) is 7.99. The highest BCUT2D eigenvalue weighted by Crippen LogP contribution is 2.28. The lowest BCUT2D eigenvalue weighted by Crippen LogP contribution is -2.31. The third kappa shape index (κ3) is 3.59. The fraction of sp³-hybridized carbons (Fsp3) is 0.211. The zero-order chi connectivity index (χ0) is 18.0. The Labute approximate surface area is 145 Å². The highest BCUT2D eigenvalue weighted by atomic mass is 16.6. The number of nitro groups is 1. The zero-order valence-electron chi connectivity index (χ0n) is 14.2. The van der Waals surface area contributed by atoms with Gasteiger partial charge in [-0.15, -0.1) is 0 Å². The summed E-state index contributed by atoms with van der Waals surface area (Å²) >= 11 is 0. The molecule has 0 aliphatic rings. The Hall–Kier alpha value is -2.99. The van der Waals surface area contributed by atoms with E-state index in [9.17, 15) is 14.9 Å². The molecule has 6 nitrogen and oxygen atoms in total. The largest absolute Gasteiger partial charge is 0.351 e. The van der Waals surface area contributed by atoms with Crippen LogP contribution in [0, 0.1) is 10.1 Å². The van der Waals surface area contributed by atoms with Gasteiger partial charge in [-0.1, -0.05) is 12.1 Å². The second-order valence-electron chi connectivity index (χ2n) is 6.23. The van der Waals surface area contributed by atoms with Crippen molar-refractivity contribution in [2.75, 3.05) is 27.2 Å². The molecule has 0 aliphatic carbocycles. The van der Waals surface area contributed by atoms with Crippen LogP contribution in [-0.2, 0) is 0 Å². The van der Waals surface area contributed by atoms with Gasteiger partial charge in [0, 0.05) is 30.8 Å². The number of benzene rings is 3. The Morgan fingerprint density at radius 1 is 1.08 bits per heavy atom. The van der Waals surface area contributed by atoms with Crippen molar-refractivity contribution >= 4 is 33.1 Å². The molecule has 0 spiro atoms. The average molecular weight is 337 g/mol. The molecule has 0 saturated carbocycles. The molecular weight excluding hydrogens is 318 g/mol. The standard InChI is InChI=1S/C19H19N3O3/c1-21(2)9-8-20-19(23)17-5-3-4-14-10-15-11-16(22(24)25)7-6-13(15)12-18(14)17/h3-7,10-12H,8-9H2,1-2H3,(H,20,23). The van der Waals surface area contributed by atoms with Gasteiger partial charge in [0.2, 0.25) is 0 Å². The molecule has 128 valence electrons. The molecule has 1 amide bonds. The monoisotopic (exact) mass is 337 g/mol. The van der Waals surface area contributed by atoms with Crippen molar-refractivity contribution < 1.29 is 9.72 Å². The van der Waals surface area contributed by atoms with Gasteiger partial charge in [0.25, 0.3) is 11.6 Å². The first-order valence-electron chi connectivity index (χ1n) is 7.99.